The molecule has 0 saturated carbocycles. The van der Waals surface area contributed by atoms with Crippen LogP contribution in [0.25, 0.3) is 11.0 Å². The first-order chi connectivity index (χ1) is 14.9. The fourth-order valence-corrected chi connectivity index (χ4v) is 4.74. The van der Waals surface area contributed by atoms with Crippen LogP contribution in [0.15, 0.2) is 80.4 Å². The molecular weight excluding hydrogens is 478 g/mol. The second-order valence-corrected chi connectivity index (χ2v) is 8.98. The summed E-state index contributed by atoms with van der Waals surface area (Å²) < 4.78 is 6.86. The van der Waals surface area contributed by atoms with Crippen LogP contribution in [0.3, 0.4) is 0 Å². The number of hydrogen-bond acceptors (Lipinski definition) is 3. The monoisotopic (exact) mass is 493 g/mol. The lowest BCUT2D eigenvalue weighted by atomic mass is 9.98. The summed E-state index contributed by atoms with van der Waals surface area (Å²) in [5, 5.41) is 1.05. The molecule has 0 fully saturated rings. The van der Waals surface area contributed by atoms with Gasteiger partial charge in [0.05, 0.1) is 17.0 Å². The number of halogens is 2. The van der Waals surface area contributed by atoms with Crippen molar-refractivity contribution in [2.75, 3.05) is 0 Å². The highest BCUT2D eigenvalue weighted by Gasteiger charge is 2.42. The van der Waals surface area contributed by atoms with Crippen LogP contribution in [-0.2, 0) is 6.54 Å². The van der Waals surface area contributed by atoms with Crippen molar-refractivity contribution in [1.29, 1.82) is 0 Å². The van der Waals surface area contributed by atoms with Gasteiger partial charge in [0.2, 0.25) is 5.76 Å². The second kappa shape index (κ2) is 7.66. The minimum absolute atomic E-state index is 0.0957. The highest BCUT2D eigenvalue weighted by molar-refractivity contribution is 9.10. The lowest BCUT2D eigenvalue weighted by Crippen LogP contribution is -2.29. The Bertz CT molecular complexity index is 1410. The molecule has 4 aromatic rings. The Morgan fingerprint density at radius 1 is 1.03 bits per heavy atom. The summed E-state index contributed by atoms with van der Waals surface area (Å²) >= 11 is 9.89. The van der Waals surface area contributed by atoms with Crippen LogP contribution < -0.4 is 5.43 Å². The van der Waals surface area contributed by atoms with E-state index in [0.29, 0.717) is 21.6 Å². The maximum atomic E-state index is 13.6. The number of carbonyl (C=O) groups is 1. The Hall–Kier alpha value is -2.89. The van der Waals surface area contributed by atoms with Gasteiger partial charge in [0.25, 0.3) is 5.91 Å². The van der Waals surface area contributed by atoms with Crippen molar-refractivity contribution in [3.63, 3.8) is 0 Å². The van der Waals surface area contributed by atoms with E-state index in [-0.39, 0.29) is 23.6 Å². The molecule has 1 atom stereocenters. The third kappa shape index (κ3) is 3.38. The van der Waals surface area contributed by atoms with Crippen molar-refractivity contribution in [3.05, 3.63) is 114 Å². The molecular formula is C25H17BrClNO3. The van der Waals surface area contributed by atoms with Crippen LogP contribution in [0.2, 0.25) is 5.02 Å². The highest BCUT2D eigenvalue weighted by atomic mass is 79.9. The molecule has 154 valence electrons. The predicted molar refractivity (Wildman–Crippen MR) is 125 cm³/mol. The Balaban J connectivity index is 1.75. The standard InChI is InChI=1S/C25H17BrClNO3/c1-14-9-10-20-18(11-14)23(29)21-22(15-6-4-7-17(26)12-15)28(25(30)24(21)31-20)13-16-5-2-3-8-19(16)27/h2-12,22H,13H2,1H3. The average Bonchev–Trinajstić information content (AvgIpc) is 3.02. The summed E-state index contributed by atoms with van der Waals surface area (Å²) in [6.07, 6.45) is 0. The smallest absolute Gasteiger partial charge is 0.291 e. The number of aryl methyl sites for hydroxylation is 1. The van der Waals surface area contributed by atoms with Gasteiger partial charge in [0.1, 0.15) is 5.58 Å². The maximum Gasteiger partial charge on any atom is 0.291 e. The highest BCUT2D eigenvalue weighted by Crippen LogP contribution is 2.40. The zero-order chi connectivity index (χ0) is 21.7. The molecule has 0 aliphatic carbocycles. The number of rotatable bonds is 3. The summed E-state index contributed by atoms with van der Waals surface area (Å²) in [6.45, 7) is 2.18. The molecule has 3 aromatic carbocycles. The Labute approximate surface area is 192 Å². The zero-order valence-corrected chi connectivity index (χ0v) is 18.9. The van der Waals surface area contributed by atoms with E-state index in [9.17, 15) is 9.59 Å². The quantitative estimate of drug-likeness (QED) is 0.338. The summed E-state index contributed by atoms with van der Waals surface area (Å²) in [5.74, 6) is -0.224. The van der Waals surface area contributed by atoms with Gasteiger partial charge < -0.3 is 9.32 Å². The number of fused-ring (bicyclic) bond motifs is 2. The van der Waals surface area contributed by atoms with Gasteiger partial charge in [-0.15, -0.1) is 0 Å². The fraction of sp³-hybridized carbons (Fsp3) is 0.120. The minimum Gasteiger partial charge on any atom is -0.450 e. The normalized spacial score (nSPS) is 15.5. The van der Waals surface area contributed by atoms with Crippen molar-refractivity contribution in [2.45, 2.75) is 19.5 Å². The van der Waals surface area contributed by atoms with E-state index in [1.807, 2.05) is 55.5 Å². The summed E-state index contributed by atoms with van der Waals surface area (Å²) in [7, 11) is 0. The van der Waals surface area contributed by atoms with Gasteiger partial charge >= 0.3 is 0 Å². The number of carbonyl (C=O) groups excluding carboxylic acids is 1. The zero-order valence-electron chi connectivity index (χ0n) is 16.6. The van der Waals surface area contributed by atoms with Gasteiger partial charge in [0.15, 0.2) is 5.43 Å². The number of benzene rings is 3. The molecule has 2 heterocycles. The third-order valence-electron chi connectivity index (χ3n) is 5.58. The van der Waals surface area contributed by atoms with E-state index < -0.39 is 6.04 Å². The topological polar surface area (TPSA) is 50.5 Å². The predicted octanol–water partition coefficient (Wildman–Crippen LogP) is 6.26. The lowest BCUT2D eigenvalue weighted by molar-refractivity contribution is 0.0714. The Morgan fingerprint density at radius 3 is 2.61 bits per heavy atom. The van der Waals surface area contributed by atoms with E-state index in [1.165, 1.54) is 0 Å². The first kappa shape index (κ1) is 20.0. The van der Waals surface area contributed by atoms with Crippen LogP contribution in [0, 0.1) is 6.92 Å². The molecule has 1 amide bonds. The van der Waals surface area contributed by atoms with Gasteiger partial charge in [-0.25, -0.2) is 0 Å². The fourth-order valence-electron chi connectivity index (χ4n) is 4.13. The van der Waals surface area contributed by atoms with Crippen LogP contribution >= 0.6 is 27.5 Å². The summed E-state index contributed by atoms with van der Waals surface area (Å²) in [4.78, 5) is 28.7. The molecule has 0 spiro atoms. The maximum absolute atomic E-state index is 13.6. The molecule has 0 saturated heterocycles. The molecule has 31 heavy (non-hydrogen) atoms. The van der Waals surface area contributed by atoms with Crippen molar-refractivity contribution in [1.82, 2.24) is 4.90 Å². The minimum atomic E-state index is -0.572. The molecule has 6 heteroatoms. The lowest BCUT2D eigenvalue weighted by Gasteiger charge is -2.25. The van der Waals surface area contributed by atoms with Crippen LogP contribution in [0.5, 0.6) is 0 Å². The number of hydrogen-bond donors (Lipinski definition) is 0. The number of nitrogens with zero attached hydrogens (tertiary/aromatic N) is 1. The molecule has 5 rings (SSSR count). The molecule has 0 bridgehead atoms. The SMILES string of the molecule is Cc1ccc2oc3c(c(=O)c2c1)C(c1cccc(Br)c1)N(Cc1ccccc1Cl)C3=O. The average molecular weight is 495 g/mol. The molecule has 1 aliphatic rings. The molecule has 1 aromatic heterocycles. The first-order valence-corrected chi connectivity index (χ1v) is 11.0. The number of amides is 1. The first-order valence-electron chi connectivity index (χ1n) is 9.81. The van der Waals surface area contributed by atoms with Gasteiger partial charge in [0, 0.05) is 16.0 Å². The molecule has 0 N–H and O–H groups in total. The van der Waals surface area contributed by atoms with E-state index in [0.717, 1.165) is 21.2 Å². The Kier molecular flexibility index (Phi) is 4.95. The van der Waals surface area contributed by atoms with Crippen molar-refractivity contribution in [2.24, 2.45) is 0 Å². The Morgan fingerprint density at radius 2 is 1.84 bits per heavy atom. The van der Waals surface area contributed by atoms with Crippen LogP contribution in [-0.4, -0.2) is 10.8 Å². The van der Waals surface area contributed by atoms with E-state index in [4.69, 9.17) is 16.0 Å². The van der Waals surface area contributed by atoms with Gasteiger partial charge in [-0.3, -0.25) is 9.59 Å². The molecule has 1 unspecified atom stereocenters. The molecule has 4 nitrogen and oxygen atoms in total. The van der Waals surface area contributed by atoms with Crippen molar-refractivity contribution in [3.8, 4) is 0 Å². The van der Waals surface area contributed by atoms with Gasteiger partial charge in [-0.1, -0.05) is 69.5 Å². The van der Waals surface area contributed by atoms with Crippen molar-refractivity contribution >= 4 is 44.4 Å². The van der Waals surface area contributed by atoms with Gasteiger partial charge in [-0.05, 0) is 48.4 Å². The third-order valence-corrected chi connectivity index (χ3v) is 6.45. The van der Waals surface area contributed by atoms with Gasteiger partial charge in [-0.2, -0.15) is 0 Å². The van der Waals surface area contributed by atoms with E-state index >= 15 is 0 Å². The largest absolute Gasteiger partial charge is 0.450 e. The molecule has 1 aliphatic heterocycles. The summed E-state index contributed by atoms with van der Waals surface area (Å²) in [6, 6.07) is 19.9. The second-order valence-electron chi connectivity index (χ2n) is 7.66. The van der Waals surface area contributed by atoms with E-state index in [2.05, 4.69) is 15.9 Å². The van der Waals surface area contributed by atoms with E-state index in [1.54, 1.807) is 23.1 Å². The van der Waals surface area contributed by atoms with Crippen LogP contribution in [0.4, 0.5) is 0 Å². The van der Waals surface area contributed by atoms with Crippen molar-refractivity contribution < 1.29 is 9.21 Å². The molecule has 0 radical (unpaired) electrons. The summed E-state index contributed by atoms with van der Waals surface area (Å²) in [5.41, 5.74) is 3.19. The van der Waals surface area contributed by atoms with Crippen LogP contribution in [0.1, 0.15) is 38.9 Å².